The van der Waals surface area contributed by atoms with Crippen LogP contribution in [0.4, 0.5) is 10.1 Å². The molecule has 3 aromatic rings. The second kappa shape index (κ2) is 12.6. The molecule has 3 N–H and O–H groups in total. The van der Waals surface area contributed by atoms with Crippen molar-refractivity contribution in [2.45, 2.75) is 68.0 Å². The van der Waals surface area contributed by atoms with Gasteiger partial charge in [-0.05, 0) is 54.8 Å². The van der Waals surface area contributed by atoms with Gasteiger partial charge in [0.15, 0.2) is 31.4 Å². The fourth-order valence-corrected chi connectivity index (χ4v) is 7.28. The van der Waals surface area contributed by atoms with E-state index in [0.717, 1.165) is 22.8 Å². The number of aliphatic hydroxyl groups is 2. The third-order valence-corrected chi connectivity index (χ3v) is 10.6. The van der Waals surface area contributed by atoms with E-state index in [2.05, 4.69) is 5.32 Å². The van der Waals surface area contributed by atoms with Crippen LogP contribution in [0.2, 0.25) is 0 Å². The van der Waals surface area contributed by atoms with Crippen molar-refractivity contribution in [1.29, 1.82) is 5.26 Å². The number of piperazine rings is 1. The molecular weight excluding hydrogens is 641 g/mol. The van der Waals surface area contributed by atoms with Gasteiger partial charge in [-0.1, -0.05) is 30.3 Å². The van der Waals surface area contributed by atoms with E-state index in [1.807, 2.05) is 43.3 Å². The van der Waals surface area contributed by atoms with Gasteiger partial charge in [0.2, 0.25) is 12.3 Å². The number of epoxide rings is 1. The predicted octanol–water partition coefficient (Wildman–Crippen LogP) is -1.84. The molecule has 6 rings (SSSR count). The van der Waals surface area contributed by atoms with Crippen molar-refractivity contribution in [3.8, 4) is 11.8 Å². The number of benzene rings is 3. The van der Waals surface area contributed by atoms with Gasteiger partial charge in [-0.25, -0.2) is 4.39 Å². The molecule has 2 fully saturated rings. The van der Waals surface area contributed by atoms with E-state index in [9.17, 15) is 29.9 Å². The minimum atomic E-state index is -2.02. The topological polar surface area (TPSA) is 159 Å². The molecule has 0 spiro atoms. The quantitative estimate of drug-likeness (QED) is 0.120. The molecule has 5 unspecified atom stereocenters. The number of amides is 3. The van der Waals surface area contributed by atoms with Gasteiger partial charge >= 0.3 is 0 Å². The fourth-order valence-electron chi connectivity index (χ4n) is 7.28. The summed E-state index contributed by atoms with van der Waals surface area (Å²) in [6.07, 6.45) is 0.878. The number of ether oxygens (including phenoxy) is 2. The van der Waals surface area contributed by atoms with Crippen molar-refractivity contribution in [3.63, 3.8) is 0 Å². The molecule has 5 atom stereocenters. The van der Waals surface area contributed by atoms with Crippen molar-refractivity contribution in [1.82, 2.24) is 15.1 Å². The van der Waals surface area contributed by atoms with Crippen molar-refractivity contribution < 1.29 is 38.5 Å². The van der Waals surface area contributed by atoms with Gasteiger partial charge in [0.25, 0.3) is 5.91 Å². The Hall–Kier alpha value is -4.61. The van der Waals surface area contributed by atoms with Crippen molar-refractivity contribution >= 4 is 55.3 Å². The highest BCUT2D eigenvalue weighted by Crippen LogP contribution is 2.59. The average Bonchev–Trinajstić information content (AvgIpc) is 3.47. The zero-order chi connectivity index (χ0) is 36.2. The smallest absolute Gasteiger partial charge is 0.254 e. The number of carbonyl (C=O) groups excluding carboxylic acids is 3. The number of carbonyl (C=O) groups is 3. The average molecular weight is 677 g/mol. The number of hydrogen-bond donors (Lipinski definition) is 3. The SMILES string of the molecule is BC1(O)N(Cc2ccc(COc3cccc4c3CN(C(C)CCC(=O)NC=O)C4=O)cc2)C2(B)OC2(B)N(c2ccc(C#N)cc2F)C1(B)O. The molecule has 50 heavy (non-hydrogen) atoms. The van der Waals surface area contributed by atoms with Crippen LogP contribution in [0.1, 0.15) is 52.4 Å². The molecule has 3 heterocycles. The molecule has 3 amide bonds. The Morgan fingerprint density at radius 3 is 2.46 bits per heavy atom. The molecule has 3 aromatic carbocycles. The zero-order valence-corrected chi connectivity index (χ0v) is 28.6. The van der Waals surface area contributed by atoms with Crippen LogP contribution in [0, 0.1) is 17.1 Å². The largest absolute Gasteiger partial charge is 0.489 e. The molecular formula is C33H36B4FN5O7. The first-order valence-corrected chi connectivity index (χ1v) is 16.4. The Kier molecular flexibility index (Phi) is 8.89. The third-order valence-electron chi connectivity index (χ3n) is 10.6. The van der Waals surface area contributed by atoms with Crippen LogP contribution in [0.5, 0.6) is 5.75 Å². The third kappa shape index (κ3) is 5.66. The molecule has 2 saturated heterocycles. The minimum absolute atomic E-state index is 0.000253. The Bertz CT molecular complexity index is 1910. The van der Waals surface area contributed by atoms with Gasteiger partial charge in [-0.3, -0.25) is 24.6 Å². The molecule has 12 nitrogen and oxygen atoms in total. The highest BCUT2D eigenvalue weighted by Gasteiger charge is 2.80. The number of imide groups is 1. The molecule has 0 aliphatic carbocycles. The van der Waals surface area contributed by atoms with Gasteiger partial charge in [0, 0.05) is 30.1 Å². The molecule has 0 aromatic heterocycles. The van der Waals surface area contributed by atoms with Crippen LogP contribution in [0.3, 0.4) is 0 Å². The van der Waals surface area contributed by atoms with Gasteiger partial charge in [-0.2, -0.15) is 5.26 Å². The van der Waals surface area contributed by atoms with Gasteiger partial charge < -0.3 is 29.5 Å². The summed E-state index contributed by atoms with van der Waals surface area (Å²) in [6.45, 7) is 2.63. The molecule has 3 aliphatic rings. The van der Waals surface area contributed by atoms with E-state index in [1.54, 1.807) is 37.6 Å². The van der Waals surface area contributed by atoms with Gasteiger partial charge in [-0.15, -0.1) is 0 Å². The number of halogens is 1. The van der Waals surface area contributed by atoms with E-state index in [0.29, 0.717) is 30.7 Å². The second-order valence-electron chi connectivity index (χ2n) is 13.7. The molecule has 0 bridgehead atoms. The minimum Gasteiger partial charge on any atom is -0.489 e. The van der Waals surface area contributed by atoms with Gasteiger partial charge in [0.05, 0.1) is 23.9 Å². The first kappa shape index (κ1) is 35.2. The molecule has 0 saturated carbocycles. The summed E-state index contributed by atoms with van der Waals surface area (Å²) < 4.78 is 27.7. The zero-order valence-electron chi connectivity index (χ0n) is 28.6. The Morgan fingerprint density at radius 1 is 1.10 bits per heavy atom. The number of rotatable bonds is 11. The number of anilines is 1. The van der Waals surface area contributed by atoms with Crippen LogP contribution < -0.4 is 15.0 Å². The molecule has 254 valence electrons. The predicted molar refractivity (Wildman–Crippen MR) is 190 cm³/mol. The van der Waals surface area contributed by atoms with Crippen LogP contribution in [0.15, 0.2) is 60.7 Å². The monoisotopic (exact) mass is 677 g/mol. The molecule has 17 heteroatoms. The summed E-state index contributed by atoms with van der Waals surface area (Å²) >= 11 is 0. The maximum Gasteiger partial charge on any atom is 0.254 e. The van der Waals surface area contributed by atoms with E-state index in [1.165, 1.54) is 32.7 Å². The number of nitriles is 1. The van der Waals surface area contributed by atoms with E-state index >= 15 is 4.39 Å². The van der Waals surface area contributed by atoms with Crippen LogP contribution >= 0.6 is 0 Å². The summed E-state index contributed by atoms with van der Waals surface area (Å²) in [5, 5.41) is 35.1. The highest BCUT2D eigenvalue weighted by atomic mass is 19.1. The Balaban J connectivity index is 1.14. The standard InChI is InChI=1S/C33H36B4FN5O7/c1-19(5-12-28(45)40-18-44)41-16-24-23(29(41)46)3-2-4-27(24)49-17-21-8-6-20(7-9-21)15-42-30(34,47)31(35,48)43(33(37)32(42,36)50-33)26-11-10-22(14-39)13-25(26)38/h2-4,6-11,13,18-19,47-48H,5,12,15-17,34-37H2,1H3,(H,40,44,45). The summed E-state index contributed by atoms with van der Waals surface area (Å²) in [4.78, 5) is 40.1. The normalized spacial score (nSPS) is 27.5. The van der Waals surface area contributed by atoms with Crippen molar-refractivity contribution in [2.75, 3.05) is 4.90 Å². The van der Waals surface area contributed by atoms with Crippen LogP contribution in [0.25, 0.3) is 0 Å². The van der Waals surface area contributed by atoms with E-state index < -0.39 is 34.2 Å². The molecule has 3 aliphatic heterocycles. The lowest BCUT2D eigenvalue weighted by atomic mass is 9.59. The number of fused-ring (bicyclic) bond motifs is 2. The lowest BCUT2D eigenvalue weighted by molar-refractivity contribution is -0.177. The second-order valence-corrected chi connectivity index (χ2v) is 13.7. The summed E-state index contributed by atoms with van der Waals surface area (Å²) in [5.41, 5.74) is -3.12. The Labute approximate surface area is 292 Å². The first-order chi connectivity index (χ1) is 23.6. The van der Waals surface area contributed by atoms with Crippen molar-refractivity contribution in [3.05, 3.63) is 94.3 Å². The fraction of sp³-hybridized carbons (Fsp3) is 0.333. The number of nitrogens with one attached hydrogen (secondary N) is 1. The van der Waals surface area contributed by atoms with E-state index in [-0.39, 0.29) is 42.8 Å². The highest BCUT2D eigenvalue weighted by molar-refractivity contribution is 6.34. The van der Waals surface area contributed by atoms with Crippen molar-refractivity contribution in [2.24, 2.45) is 0 Å². The lowest BCUT2D eigenvalue weighted by Gasteiger charge is -2.60. The Morgan fingerprint density at radius 2 is 1.80 bits per heavy atom. The number of hydrogen-bond acceptors (Lipinski definition) is 10. The molecule has 0 radical (unpaired) electrons. The maximum absolute atomic E-state index is 15.3. The summed E-state index contributed by atoms with van der Waals surface area (Å²) in [5.74, 6) is -0.667. The summed E-state index contributed by atoms with van der Waals surface area (Å²) in [7, 11) is 6.38. The lowest BCUT2D eigenvalue weighted by Crippen LogP contribution is -2.82. The van der Waals surface area contributed by atoms with E-state index in [4.69, 9.17) is 9.47 Å². The number of nitrogens with zero attached hydrogens (tertiary/aromatic N) is 4. The summed E-state index contributed by atoms with van der Waals surface area (Å²) in [6, 6.07) is 18.5. The maximum atomic E-state index is 15.3. The van der Waals surface area contributed by atoms with Crippen LogP contribution in [-0.2, 0) is 34.0 Å². The van der Waals surface area contributed by atoms with Crippen LogP contribution in [-0.4, -0.2) is 98.2 Å². The van der Waals surface area contributed by atoms with Gasteiger partial charge in [0.1, 0.15) is 40.7 Å². The first-order valence-electron chi connectivity index (χ1n) is 16.4.